The standard InChI is InChI=1S/C29H24N4O4/c1-2-37-29(36)24-25(32-27(34)20-13-7-8-14-21(20)28(35)33(32)26(24)30)23-16-19-12-6-9-15-22(19)31(23)17-18-10-4-3-5-11-18/h3-16,25H,2,17,30H2,1H3. The molecule has 5 aromatic rings. The van der Waals surface area contributed by atoms with Gasteiger partial charge in [-0.3, -0.25) is 9.59 Å². The Morgan fingerprint density at radius 2 is 1.54 bits per heavy atom. The van der Waals surface area contributed by atoms with Crippen molar-refractivity contribution in [2.75, 3.05) is 6.61 Å². The van der Waals surface area contributed by atoms with E-state index in [-0.39, 0.29) is 28.8 Å². The summed E-state index contributed by atoms with van der Waals surface area (Å²) in [5, 5.41) is 1.43. The van der Waals surface area contributed by atoms with Crippen LogP contribution in [0.2, 0.25) is 0 Å². The zero-order valence-corrected chi connectivity index (χ0v) is 20.1. The number of fused-ring (bicyclic) bond motifs is 3. The second-order valence-corrected chi connectivity index (χ2v) is 8.93. The first-order valence-electron chi connectivity index (χ1n) is 12.1. The van der Waals surface area contributed by atoms with Crippen molar-refractivity contribution in [1.82, 2.24) is 13.9 Å². The summed E-state index contributed by atoms with van der Waals surface area (Å²) >= 11 is 0. The predicted molar refractivity (Wildman–Crippen MR) is 142 cm³/mol. The van der Waals surface area contributed by atoms with E-state index in [1.54, 1.807) is 31.2 Å². The number of ether oxygens (including phenoxy) is 1. The highest BCUT2D eigenvalue weighted by atomic mass is 16.5. The number of hydrogen-bond donors (Lipinski definition) is 1. The van der Waals surface area contributed by atoms with Gasteiger partial charge in [-0.15, -0.1) is 0 Å². The van der Waals surface area contributed by atoms with Gasteiger partial charge in [0.25, 0.3) is 11.1 Å². The second-order valence-electron chi connectivity index (χ2n) is 8.93. The maximum Gasteiger partial charge on any atom is 0.340 e. The number of nitrogens with zero attached hydrogens (tertiary/aromatic N) is 3. The highest BCUT2D eigenvalue weighted by molar-refractivity contribution is 5.97. The Morgan fingerprint density at radius 1 is 0.892 bits per heavy atom. The van der Waals surface area contributed by atoms with E-state index in [0.717, 1.165) is 21.1 Å². The minimum absolute atomic E-state index is 0.0634. The molecule has 2 aromatic heterocycles. The van der Waals surface area contributed by atoms with Crippen LogP contribution in [0.5, 0.6) is 0 Å². The van der Waals surface area contributed by atoms with Crippen LogP contribution in [0.1, 0.15) is 24.2 Å². The fraction of sp³-hybridized carbons (Fsp3) is 0.138. The quantitative estimate of drug-likeness (QED) is 0.379. The lowest BCUT2D eigenvalue weighted by Gasteiger charge is -2.20. The first kappa shape index (κ1) is 22.6. The molecule has 8 heteroatoms. The van der Waals surface area contributed by atoms with Crippen molar-refractivity contribution in [2.24, 2.45) is 5.73 Å². The fourth-order valence-electron chi connectivity index (χ4n) is 5.22. The molecule has 6 rings (SSSR count). The first-order chi connectivity index (χ1) is 18.0. The summed E-state index contributed by atoms with van der Waals surface area (Å²) in [6.07, 6.45) is 0. The Bertz CT molecular complexity index is 1840. The van der Waals surface area contributed by atoms with Crippen molar-refractivity contribution in [2.45, 2.75) is 19.5 Å². The number of rotatable bonds is 5. The zero-order chi connectivity index (χ0) is 25.7. The van der Waals surface area contributed by atoms with E-state index in [9.17, 15) is 14.4 Å². The van der Waals surface area contributed by atoms with Crippen molar-refractivity contribution in [3.63, 3.8) is 0 Å². The summed E-state index contributed by atoms with van der Waals surface area (Å²) in [6, 6.07) is 25.3. The fourth-order valence-corrected chi connectivity index (χ4v) is 5.22. The molecule has 3 aromatic carbocycles. The molecule has 0 saturated heterocycles. The summed E-state index contributed by atoms with van der Waals surface area (Å²) in [7, 11) is 0. The van der Waals surface area contributed by atoms with Crippen molar-refractivity contribution in [3.8, 4) is 0 Å². The third-order valence-corrected chi connectivity index (χ3v) is 6.83. The van der Waals surface area contributed by atoms with Gasteiger partial charge in [-0.1, -0.05) is 60.7 Å². The summed E-state index contributed by atoms with van der Waals surface area (Å²) in [5.74, 6) is -0.770. The predicted octanol–water partition coefficient (Wildman–Crippen LogP) is 3.46. The number of hydrogen-bond acceptors (Lipinski definition) is 5. The van der Waals surface area contributed by atoms with E-state index >= 15 is 0 Å². The SMILES string of the molecule is CCOC(=O)C1=C(N)n2c(=O)c3ccccc3c(=O)n2C1c1cc2ccccc2n1Cc1ccccc1. The van der Waals surface area contributed by atoms with E-state index in [0.29, 0.717) is 12.2 Å². The van der Waals surface area contributed by atoms with E-state index in [1.807, 2.05) is 60.7 Å². The minimum atomic E-state index is -0.958. The molecule has 8 nitrogen and oxygen atoms in total. The summed E-state index contributed by atoms with van der Waals surface area (Å²) < 4.78 is 9.84. The molecule has 0 amide bonds. The minimum Gasteiger partial charge on any atom is -0.462 e. The van der Waals surface area contributed by atoms with Gasteiger partial charge in [-0.05, 0) is 42.1 Å². The molecule has 3 heterocycles. The Labute approximate surface area is 211 Å². The number of benzene rings is 3. The van der Waals surface area contributed by atoms with Gasteiger partial charge >= 0.3 is 5.97 Å². The van der Waals surface area contributed by atoms with Crippen LogP contribution in [-0.4, -0.2) is 26.5 Å². The number of carbonyl (C=O) groups excluding carboxylic acids is 1. The smallest absolute Gasteiger partial charge is 0.340 e. The number of carbonyl (C=O) groups is 1. The number of para-hydroxylation sites is 1. The molecular weight excluding hydrogens is 468 g/mol. The average Bonchev–Trinajstić information content (AvgIpc) is 3.43. The Balaban J connectivity index is 1.70. The molecular formula is C29H24N4O4. The summed E-state index contributed by atoms with van der Waals surface area (Å²) in [4.78, 5) is 40.7. The molecule has 0 aliphatic carbocycles. The van der Waals surface area contributed by atoms with Crippen LogP contribution < -0.4 is 16.9 Å². The van der Waals surface area contributed by atoms with Crippen molar-refractivity contribution in [1.29, 1.82) is 0 Å². The van der Waals surface area contributed by atoms with Gasteiger partial charge in [0, 0.05) is 17.8 Å². The van der Waals surface area contributed by atoms with Crippen molar-refractivity contribution >= 4 is 33.5 Å². The highest BCUT2D eigenvalue weighted by Gasteiger charge is 2.40. The molecule has 1 aliphatic heterocycles. The summed E-state index contributed by atoms with van der Waals surface area (Å²) in [6.45, 7) is 2.31. The molecule has 0 fully saturated rings. The van der Waals surface area contributed by atoms with E-state index in [4.69, 9.17) is 10.5 Å². The van der Waals surface area contributed by atoms with Gasteiger partial charge in [-0.25, -0.2) is 9.48 Å². The molecule has 2 N–H and O–H groups in total. The monoisotopic (exact) mass is 492 g/mol. The number of esters is 1. The average molecular weight is 493 g/mol. The van der Waals surface area contributed by atoms with Gasteiger partial charge in [0.05, 0.1) is 17.4 Å². The summed E-state index contributed by atoms with van der Waals surface area (Å²) in [5.41, 5.74) is 8.28. The lowest BCUT2D eigenvalue weighted by Crippen LogP contribution is -2.38. The van der Waals surface area contributed by atoms with Crippen LogP contribution in [0.15, 0.2) is 100 Å². The molecule has 37 heavy (non-hydrogen) atoms. The van der Waals surface area contributed by atoms with Crippen molar-refractivity contribution in [3.05, 3.63) is 122 Å². The molecule has 1 aliphatic rings. The molecule has 1 unspecified atom stereocenters. The molecule has 0 saturated carbocycles. The first-order valence-corrected chi connectivity index (χ1v) is 12.1. The van der Waals surface area contributed by atoms with Crippen LogP contribution >= 0.6 is 0 Å². The van der Waals surface area contributed by atoms with Crippen LogP contribution in [0.4, 0.5) is 0 Å². The van der Waals surface area contributed by atoms with Gasteiger partial charge in [0.15, 0.2) is 0 Å². The van der Waals surface area contributed by atoms with Crippen LogP contribution in [0, 0.1) is 0 Å². The van der Waals surface area contributed by atoms with E-state index in [2.05, 4.69) is 4.57 Å². The number of aromatic nitrogens is 3. The van der Waals surface area contributed by atoms with E-state index in [1.165, 1.54) is 4.68 Å². The highest BCUT2D eigenvalue weighted by Crippen LogP contribution is 2.37. The number of nitrogens with two attached hydrogens (primary N) is 1. The second kappa shape index (κ2) is 8.67. The maximum absolute atomic E-state index is 13.9. The Kier molecular flexibility index (Phi) is 5.30. The van der Waals surface area contributed by atoms with Gasteiger partial charge in [0.1, 0.15) is 17.4 Å². The molecule has 0 radical (unpaired) electrons. The topological polar surface area (TPSA) is 101 Å². The Morgan fingerprint density at radius 3 is 2.27 bits per heavy atom. The molecule has 0 spiro atoms. The third kappa shape index (κ3) is 3.41. The third-order valence-electron chi connectivity index (χ3n) is 6.83. The normalized spacial score (nSPS) is 14.9. The van der Waals surface area contributed by atoms with Gasteiger partial charge in [-0.2, -0.15) is 4.68 Å². The zero-order valence-electron chi connectivity index (χ0n) is 20.1. The lowest BCUT2D eigenvalue weighted by atomic mass is 10.0. The molecule has 184 valence electrons. The lowest BCUT2D eigenvalue weighted by molar-refractivity contribution is -0.138. The molecule has 0 bridgehead atoms. The van der Waals surface area contributed by atoms with Crippen molar-refractivity contribution < 1.29 is 9.53 Å². The van der Waals surface area contributed by atoms with Gasteiger partial charge < -0.3 is 15.0 Å². The van der Waals surface area contributed by atoms with Crippen LogP contribution in [0.3, 0.4) is 0 Å². The molecule has 1 atom stereocenters. The van der Waals surface area contributed by atoms with E-state index < -0.39 is 23.1 Å². The Hall–Kier alpha value is -4.85. The largest absolute Gasteiger partial charge is 0.462 e. The van der Waals surface area contributed by atoms with Crippen LogP contribution in [0.25, 0.3) is 27.5 Å². The van der Waals surface area contributed by atoms with Gasteiger partial charge in [0.2, 0.25) is 0 Å². The van der Waals surface area contributed by atoms with Crippen LogP contribution in [-0.2, 0) is 16.1 Å². The maximum atomic E-state index is 13.9.